The average Bonchev–Trinajstić information content (AvgIpc) is 2.72. The predicted octanol–water partition coefficient (Wildman–Crippen LogP) is 4.91. The molecule has 0 N–H and O–H groups in total. The number of fused-ring (bicyclic) bond motifs is 2. The molecule has 2 aromatic rings. The maximum atomic E-state index is 5.24. The van der Waals surface area contributed by atoms with Crippen LogP contribution in [0.25, 0.3) is 0 Å². The molecule has 2 aliphatic rings. The first-order valence-electron chi connectivity index (χ1n) is 10.7. The smallest absolute Gasteiger partial charge is 0.119 e. The Morgan fingerprint density at radius 2 is 1.25 bits per heavy atom. The van der Waals surface area contributed by atoms with Crippen molar-refractivity contribution in [1.82, 2.24) is 9.80 Å². The maximum Gasteiger partial charge on any atom is 0.119 e. The van der Waals surface area contributed by atoms with Crippen molar-refractivity contribution in [1.29, 1.82) is 0 Å². The van der Waals surface area contributed by atoms with Crippen LogP contribution in [0.15, 0.2) is 42.5 Å². The molecule has 0 aliphatic carbocycles. The van der Waals surface area contributed by atoms with E-state index in [0.717, 1.165) is 31.8 Å². The fraction of sp³-hybridized carbons (Fsp3) is 0.520. The third-order valence-electron chi connectivity index (χ3n) is 6.08. The Kier molecular flexibility index (Phi) is 7.14. The lowest BCUT2D eigenvalue weighted by Gasteiger charge is -2.32. The fourth-order valence-electron chi connectivity index (χ4n) is 4.08. The molecule has 0 bridgehead atoms. The monoisotopic (exact) mass is 380 g/mol. The highest BCUT2D eigenvalue weighted by Gasteiger charge is 2.18. The lowest BCUT2D eigenvalue weighted by Crippen LogP contribution is -2.35. The highest BCUT2D eigenvalue weighted by Crippen LogP contribution is 2.24. The first kappa shape index (κ1) is 20.9. The molecule has 0 radical (unpaired) electrons. The zero-order chi connectivity index (χ0) is 20.1. The van der Waals surface area contributed by atoms with Gasteiger partial charge in [-0.25, -0.2) is 0 Å². The van der Waals surface area contributed by atoms with E-state index in [-0.39, 0.29) is 0 Å². The van der Waals surface area contributed by atoms with Gasteiger partial charge in [0, 0.05) is 38.3 Å². The zero-order valence-electron chi connectivity index (χ0n) is 18.2. The second-order valence-electron chi connectivity index (χ2n) is 8.53. The molecule has 0 aromatic heterocycles. The van der Waals surface area contributed by atoms with Crippen LogP contribution in [0.4, 0.5) is 0 Å². The summed E-state index contributed by atoms with van der Waals surface area (Å²) in [6.45, 7) is 13.7. The van der Waals surface area contributed by atoms with Crippen LogP contribution in [0.5, 0.6) is 5.75 Å². The van der Waals surface area contributed by atoms with Gasteiger partial charge in [0.25, 0.3) is 0 Å². The van der Waals surface area contributed by atoms with Gasteiger partial charge < -0.3 is 4.74 Å². The SMILES string of the molecule is CC(C)N1CCc2ccccc2C1.COc1ccc2c(c1)CCN(C(C)C)C2. The van der Waals surface area contributed by atoms with Gasteiger partial charge in [0.05, 0.1) is 7.11 Å². The number of benzene rings is 2. The van der Waals surface area contributed by atoms with E-state index < -0.39 is 0 Å². The van der Waals surface area contributed by atoms with Crippen molar-refractivity contribution in [2.45, 2.75) is 65.7 Å². The summed E-state index contributed by atoms with van der Waals surface area (Å²) in [7, 11) is 1.73. The van der Waals surface area contributed by atoms with Crippen LogP contribution in [0.1, 0.15) is 49.9 Å². The van der Waals surface area contributed by atoms with Crippen molar-refractivity contribution in [2.75, 3.05) is 20.2 Å². The third-order valence-corrected chi connectivity index (χ3v) is 6.08. The molecular formula is C25H36N2O. The van der Waals surface area contributed by atoms with Gasteiger partial charge in [0.15, 0.2) is 0 Å². The highest BCUT2D eigenvalue weighted by molar-refractivity contribution is 5.37. The third kappa shape index (κ3) is 5.15. The van der Waals surface area contributed by atoms with Crippen LogP contribution >= 0.6 is 0 Å². The Balaban J connectivity index is 0.000000162. The van der Waals surface area contributed by atoms with Crippen LogP contribution < -0.4 is 4.74 Å². The Morgan fingerprint density at radius 3 is 1.82 bits per heavy atom. The molecule has 152 valence electrons. The largest absolute Gasteiger partial charge is 0.497 e. The Bertz CT molecular complexity index is 769. The summed E-state index contributed by atoms with van der Waals surface area (Å²) in [6, 6.07) is 16.5. The summed E-state index contributed by atoms with van der Waals surface area (Å²) in [5.41, 5.74) is 5.96. The second kappa shape index (κ2) is 9.58. The van der Waals surface area contributed by atoms with Crippen molar-refractivity contribution in [3.63, 3.8) is 0 Å². The first-order chi connectivity index (χ1) is 13.5. The van der Waals surface area contributed by atoms with E-state index in [0.29, 0.717) is 12.1 Å². The summed E-state index contributed by atoms with van der Waals surface area (Å²) in [5, 5.41) is 0. The van der Waals surface area contributed by atoms with E-state index in [1.165, 1.54) is 29.7 Å². The van der Waals surface area contributed by atoms with E-state index in [1.807, 2.05) is 0 Å². The van der Waals surface area contributed by atoms with Crippen molar-refractivity contribution in [3.8, 4) is 5.75 Å². The highest BCUT2D eigenvalue weighted by atomic mass is 16.5. The molecule has 3 nitrogen and oxygen atoms in total. The molecule has 0 fully saturated rings. The standard InChI is InChI=1S/C13H19NO.C12H17N/c1-10(2)14-7-6-11-8-13(15-3)5-4-12(11)9-14;1-10(2)13-8-7-11-5-3-4-6-12(11)9-13/h4-5,8,10H,6-7,9H2,1-3H3;3-6,10H,7-9H2,1-2H3. The summed E-state index contributed by atoms with van der Waals surface area (Å²) in [5.74, 6) is 0.978. The molecule has 2 aromatic carbocycles. The van der Waals surface area contributed by atoms with Crippen LogP contribution in [0.2, 0.25) is 0 Å². The molecule has 4 rings (SSSR count). The molecule has 28 heavy (non-hydrogen) atoms. The molecule has 0 saturated carbocycles. The number of nitrogens with zero attached hydrogens (tertiary/aromatic N) is 2. The van der Waals surface area contributed by atoms with Crippen molar-refractivity contribution < 1.29 is 4.74 Å². The van der Waals surface area contributed by atoms with E-state index in [2.05, 4.69) is 80.0 Å². The molecular weight excluding hydrogens is 344 g/mol. The maximum absolute atomic E-state index is 5.24. The van der Waals surface area contributed by atoms with E-state index in [1.54, 1.807) is 12.7 Å². The molecule has 0 atom stereocenters. The molecule has 2 heterocycles. The average molecular weight is 381 g/mol. The van der Waals surface area contributed by atoms with Gasteiger partial charge in [-0.15, -0.1) is 0 Å². The van der Waals surface area contributed by atoms with Crippen molar-refractivity contribution >= 4 is 0 Å². The fourth-order valence-corrected chi connectivity index (χ4v) is 4.08. The Morgan fingerprint density at radius 1 is 0.714 bits per heavy atom. The summed E-state index contributed by atoms with van der Waals surface area (Å²) >= 11 is 0. The topological polar surface area (TPSA) is 15.7 Å². The minimum atomic E-state index is 0.639. The quantitative estimate of drug-likeness (QED) is 0.752. The number of rotatable bonds is 3. The molecule has 0 spiro atoms. The van der Waals surface area contributed by atoms with Crippen LogP contribution in [0, 0.1) is 0 Å². The van der Waals surface area contributed by atoms with Crippen molar-refractivity contribution in [2.24, 2.45) is 0 Å². The Labute approximate surface area is 171 Å². The normalized spacial score (nSPS) is 17.0. The lowest BCUT2D eigenvalue weighted by atomic mass is 9.98. The van der Waals surface area contributed by atoms with Gasteiger partial charge in [-0.3, -0.25) is 9.80 Å². The van der Waals surface area contributed by atoms with Gasteiger partial charge >= 0.3 is 0 Å². The second-order valence-corrected chi connectivity index (χ2v) is 8.53. The number of hydrogen-bond donors (Lipinski definition) is 0. The van der Waals surface area contributed by atoms with Gasteiger partial charge in [-0.05, 0) is 74.9 Å². The number of hydrogen-bond acceptors (Lipinski definition) is 3. The molecule has 0 unspecified atom stereocenters. The van der Waals surface area contributed by atoms with Gasteiger partial charge in [-0.2, -0.15) is 0 Å². The van der Waals surface area contributed by atoms with Crippen molar-refractivity contribution in [3.05, 3.63) is 64.7 Å². The minimum Gasteiger partial charge on any atom is -0.497 e. The van der Waals surface area contributed by atoms with Crippen LogP contribution in [-0.4, -0.2) is 42.1 Å². The van der Waals surface area contributed by atoms with Crippen LogP contribution in [-0.2, 0) is 25.9 Å². The zero-order valence-corrected chi connectivity index (χ0v) is 18.2. The first-order valence-corrected chi connectivity index (χ1v) is 10.7. The number of methoxy groups -OCH3 is 1. The van der Waals surface area contributed by atoms with E-state index in [4.69, 9.17) is 4.74 Å². The minimum absolute atomic E-state index is 0.639. The van der Waals surface area contributed by atoms with E-state index in [9.17, 15) is 0 Å². The summed E-state index contributed by atoms with van der Waals surface area (Å²) in [4.78, 5) is 5.04. The summed E-state index contributed by atoms with van der Waals surface area (Å²) in [6.07, 6.45) is 2.36. The molecule has 0 amide bonds. The molecule has 3 heteroatoms. The van der Waals surface area contributed by atoms with E-state index >= 15 is 0 Å². The van der Waals surface area contributed by atoms with Gasteiger partial charge in [-0.1, -0.05) is 30.3 Å². The number of ether oxygens (including phenoxy) is 1. The van der Waals surface area contributed by atoms with Gasteiger partial charge in [0.2, 0.25) is 0 Å². The lowest BCUT2D eigenvalue weighted by molar-refractivity contribution is 0.203. The van der Waals surface area contributed by atoms with Crippen LogP contribution in [0.3, 0.4) is 0 Å². The molecule has 0 saturated heterocycles. The summed E-state index contributed by atoms with van der Waals surface area (Å²) < 4.78 is 5.24. The van der Waals surface area contributed by atoms with Gasteiger partial charge in [0.1, 0.15) is 5.75 Å². The molecule has 2 aliphatic heterocycles. The predicted molar refractivity (Wildman–Crippen MR) is 118 cm³/mol. The Hall–Kier alpha value is -1.84.